The third-order valence-electron chi connectivity index (χ3n) is 8.24. The standard InChI is InChI=1S/C36H53NO8S/c1-25(44-34(5,6)7)31(39)35(8,9)36(10,11)43-24-23-26(17-22-30(38)33(2,3)4)32(40)37-27-18-20-29(21-19-27)46(41,42)45-28-15-13-12-14-16-28/h12-16,18-21,25-26H,17,22-24H2,1-11H3,(H,37,40). The van der Waals surface area contributed by atoms with Gasteiger partial charge in [-0.05, 0) is 90.8 Å². The Morgan fingerprint density at radius 2 is 1.37 bits per heavy atom. The Hall–Kier alpha value is -3.08. The quantitative estimate of drug-likeness (QED) is 0.185. The number of amides is 1. The molecule has 0 heterocycles. The minimum absolute atomic E-state index is 0.0408. The van der Waals surface area contributed by atoms with E-state index < -0.39 is 44.2 Å². The van der Waals surface area contributed by atoms with Gasteiger partial charge in [0.25, 0.3) is 0 Å². The normalized spacial score (nSPS) is 14.3. The second-order valence-corrected chi connectivity index (χ2v) is 16.3. The molecule has 0 fully saturated rings. The number of hydrogen-bond acceptors (Lipinski definition) is 8. The molecule has 9 nitrogen and oxygen atoms in total. The predicted octanol–water partition coefficient (Wildman–Crippen LogP) is 7.39. The van der Waals surface area contributed by atoms with Gasteiger partial charge in [-0.1, -0.05) is 52.8 Å². The first-order valence-electron chi connectivity index (χ1n) is 15.8. The first-order chi connectivity index (χ1) is 21.0. The van der Waals surface area contributed by atoms with Crippen molar-refractivity contribution in [3.8, 4) is 5.75 Å². The molecule has 0 spiro atoms. The number of para-hydroxylation sites is 1. The number of rotatable bonds is 16. The first-order valence-corrected chi connectivity index (χ1v) is 17.2. The summed E-state index contributed by atoms with van der Waals surface area (Å²) in [6.45, 7) is 20.5. The number of carbonyl (C=O) groups is 3. The number of nitrogens with one attached hydrogen (secondary N) is 1. The lowest BCUT2D eigenvalue weighted by Gasteiger charge is -2.42. The second-order valence-electron chi connectivity index (χ2n) is 14.8. The van der Waals surface area contributed by atoms with E-state index in [4.69, 9.17) is 13.7 Å². The van der Waals surface area contributed by atoms with Crippen LogP contribution in [0.2, 0.25) is 0 Å². The van der Waals surface area contributed by atoms with Crippen molar-refractivity contribution in [3.05, 3.63) is 54.6 Å². The van der Waals surface area contributed by atoms with E-state index in [1.807, 2.05) is 69.2 Å². The summed E-state index contributed by atoms with van der Waals surface area (Å²) < 4.78 is 42.8. The molecule has 0 radical (unpaired) electrons. The van der Waals surface area contributed by atoms with Gasteiger partial charge in [0.1, 0.15) is 22.5 Å². The molecule has 0 bridgehead atoms. The van der Waals surface area contributed by atoms with Crippen LogP contribution in [0.3, 0.4) is 0 Å². The molecule has 2 atom stereocenters. The van der Waals surface area contributed by atoms with Gasteiger partial charge in [-0.2, -0.15) is 8.42 Å². The van der Waals surface area contributed by atoms with E-state index in [0.717, 1.165) is 0 Å². The lowest BCUT2D eigenvalue weighted by molar-refractivity contribution is -0.166. The summed E-state index contributed by atoms with van der Waals surface area (Å²) >= 11 is 0. The Kier molecular flexibility index (Phi) is 12.9. The van der Waals surface area contributed by atoms with Crippen LogP contribution < -0.4 is 9.50 Å². The number of anilines is 1. The summed E-state index contributed by atoms with van der Waals surface area (Å²) in [5, 5.41) is 2.85. The van der Waals surface area contributed by atoms with E-state index in [0.29, 0.717) is 18.5 Å². The average molecular weight is 660 g/mol. The number of ketones is 2. The van der Waals surface area contributed by atoms with Gasteiger partial charge in [-0.15, -0.1) is 0 Å². The van der Waals surface area contributed by atoms with Gasteiger partial charge in [0, 0.05) is 30.0 Å². The minimum Gasteiger partial charge on any atom is -0.379 e. The highest BCUT2D eigenvalue weighted by atomic mass is 32.2. The number of ether oxygens (including phenoxy) is 2. The molecule has 2 rings (SSSR count). The number of benzene rings is 2. The van der Waals surface area contributed by atoms with E-state index in [1.54, 1.807) is 37.3 Å². The summed E-state index contributed by atoms with van der Waals surface area (Å²) in [6.07, 6.45) is 0.195. The molecule has 256 valence electrons. The smallest absolute Gasteiger partial charge is 0.339 e. The Bertz CT molecular complexity index is 1430. The molecule has 0 saturated carbocycles. The third-order valence-corrected chi connectivity index (χ3v) is 9.50. The van der Waals surface area contributed by atoms with Crippen LogP contribution >= 0.6 is 0 Å². The van der Waals surface area contributed by atoms with Crippen LogP contribution in [0.4, 0.5) is 5.69 Å². The lowest BCUT2D eigenvalue weighted by Crippen LogP contribution is -2.51. The maximum atomic E-state index is 13.5. The first kappa shape index (κ1) is 39.1. The second kappa shape index (κ2) is 15.2. The molecule has 1 amide bonds. The van der Waals surface area contributed by atoms with Crippen molar-refractivity contribution < 1.29 is 36.5 Å². The zero-order chi connectivity index (χ0) is 35.1. The Morgan fingerprint density at radius 1 is 0.804 bits per heavy atom. The van der Waals surface area contributed by atoms with Gasteiger partial charge >= 0.3 is 10.1 Å². The molecule has 0 aliphatic rings. The number of Topliss-reactive ketones (excluding diaryl/α,β-unsaturated/α-hetero) is 2. The topological polar surface area (TPSA) is 125 Å². The van der Waals surface area contributed by atoms with Gasteiger partial charge < -0.3 is 19.0 Å². The average Bonchev–Trinajstić information content (AvgIpc) is 2.93. The van der Waals surface area contributed by atoms with Gasteiger partial charge in [-0.25, -0.2) is 0 Å². The molecule has 2 aromatic carbocycles. The molecule has 1 N–H and O–H groups in total. The summed E-state index contributed by atoms with van der Waals surface area (Å²) in [6, 6.07) is 13.9. The third kappa shape index (κ3) is 11.3. The molecule has 0 aliphatic heterocycles. The maximum Gasteiger partial charge on any atom is 0.339 e. The van der Waals surface area contributed by atoms with Crippen LogP contribution in [-0.2, 0) is 34.0 Å². The molecular weight excluding hydrogens is 606 g/mol. The fourth-order valence-corrected chi connectivity index (χ4v) is 5.64. The highest BCUT2D eigenvalue weighted by Crippen LogP contribution is 2.37. The van der Waals surface area contributed by atoms with Gasteiger partial charge in [0.05, 0.1) is 16.6 Å². The zero-order valence-corrected chi connectivity index (χ0v) is 30.2. The largest absolute Gasteiger partial charge is 0.379 e. The monoisotopic (exact) mass is 659 g/mol. The van der Waals surface area contributed by atoms with Crippen LogP contribution in [0.15, 0.2) is 59.5 Å². The molecule has 0 aliphatic carbocycles. The van der Waals surface area contributed by atoms with Crippen molar-refractivity contribution in [2.24, 2.45) is 16.7 Å². The Morgan fingerprint density at radius 3 is 1.89 bits per heavy atom. The zero-order valence-electron chi connectivity index (χ0n) is 29.4. The van der Waals surface area contributed by atoms with Gasteiger partial charge in [-0.3, -0.25) is 14.4 Å². The molecule has 10 heteroatoms. The van der Waals surface area contributed by atoms with E-state index in [9.17, 15) is 22.8 Å². The number of hydrogen-bond donors (Lipinski definition) is 1. The van der Waals surface area contributed by atoms with Crippen molar-refractivity contribution in [1.29, 1.82) is 0 Å². The van der Waals surface area contributed by atoms with Crippen LogP contribution in [0.1, 0.15) is 95.4 Å². The van der Waals surface area contributed by atoms with Crippen LogP contribution in [0.25, 0.3) is 0 Å². The van der Waals surface area contributed by atoms with Crippen LogP contribution in [0, 0.1) is 16.7 Å². The van der Waals surface area contributed by atoms with Gasteiger partial charge in [0.2, 0.25) is 5.91 Å². The van der Waals surface area contributed by atoms with E-state index in [-0.39, 0.29) is 41.1 Å². The minimum atomic E-state index is -4.06. The molecule has 46 heavy (non-hydrogen) atoms. The van der Waals surface area contributed by atoms with Crippen LogP contribution in [-0.4, -0.2) is 49.8 Å². The lowest BCUT2D eigenvalue weighted by atomic mass is 9.72. The summed E-state index contributed by atoms with van der Waals surface area (Å²) in [5.41, 5.74) is -2.41. The van der Waals surface area contributed by atoms with Crippen molar-refractivity contribution >= 4 is 33.3 Å². The Labute approximate surface area is 275 Å². The van der Waals surface area contributed by atoms with E-state index >= 15 is 0 Å². The molecular formula is C36H53NO8S. The highest BCUT2D eigenvalue weighted by Gasteiger charge is 2.46. The van der Waals surface area contributed by atoms with Gasteiger partial charge in [0.15, 0.2) is 5.78 Å². The van der Waals surface area contributed by atoms with Crippen molar-refractivity contribution in [3.63, 3.8) is 0 Å². The fraction of sp³-hybridized carbons (Fsp3) is 0.583. The maximum absolute atomic E-state index is 13.5. The molecule has 2 unspecified atom stereocenters. The van der Waals surface area contributed by atoms with Crippen molar-refractivity contribution in [2.45, 2.75) is 118 Å². The Balaban J connectivity index is 2.15. The summed E-state index contributed by atoms with van der Waals surface area (Å²) in [7, 11) is -4.06. The summed E-state index contributed by atoms with van der Waals surface area (Å²) in [4.78, 5) is 39.6. The van der Waals surface area contributed by atoms with Crippen molar-refractivity contribution in [2.75, 3.05) is 11.9 Å². The van der Waals surface area contributed by atoms with E-state index in [2.05, 4.69) is 5.32 Å². The highest BCUT2D eigenvalue weighted by molar-refractivity contribution is 7.87. The van der Waals surface area contributed by atoms with Crippen molar-refractivity contribution in [1.82, 2.24) is 0 Å². The predicted molar refractivity (Wildman–Crippen MR) is 180 cm³/mol. The van der Waals surface area contributed by atoms with Crippen LogP contribution in [0.5, 0.6) is 5.75 Å². The SMILES string of the molecule is CC(OC(C)(C)C)C(=O)C(C)(C)C(C)(C)OCCC(CCC(=O)C(C)(C)C)C(=O)Nc1ccc(S(=O)(=O)Oc2ccccc2)cc1. The summed E-state index contributed by atoms with van der Waals surface area (Å²) in [5.74, 6) is -0.745. The molecule has 2 aromatic rings. The molecule has 0 saturated heterocycles. The number of carbonyl (C=O) groups excluding carboxylic acids is 3. The fourth-order valence-electron chi connectivity index (χ4n) is 4.71. The molecule has 0 aromatic heterocycles. The van der Waals surface area contributed by atoms with E-state index in [1.165, 1.54) is 24.3 Å².